The zero-order valence-corrected chi connectivity index (χ0v) is 19.0. The first-order valence-corrected chi connectivity index (χ1v) is 11.3. The highest BCUT2D eigenvalue weighted by Crippen LogP contribution is 2.29. The van der Waals surface area contributed by atoms with E-state index in [1.807, 2.05) is 30.4 Å². The lowest BCUT2D eigenvalue weighted by atomic mass is 10.1. The molecule has 0 spiro atoms. The molecule has 160 valence electrons. The highest BCUT2D eigenvalue weighted by molar-refractivity contribution is 7.14. The normalized spacial score (nSPS) is 10.9. The molecule has 0 saturated heterocycles. The number of hydrogen-bond acceptors (Lipinski definition) is 5. The van der Waals surface area contributed by atoms with Crippen LogP contribution in [0.1, 0.15) is 66.6 Å². The lowest BCUT2D eigenvalue weighted by Gasteiger charge is -2.25. The summed E-state index contributed by atoms with van der Waals surface area (Å²) in [6.45, 7) is 11.7. The molecule has 2 aromatic rings. The van der Waals surface area contributed by atoms with E-state index in [2.05, 4.69) is 31.4 Å². The third-order valence-corrected chi connectivity index (χ3v) is 5.64. The summed E-state index contributed by atoms with van der Waals surface area (Å²) in [5, 5.41) is 0. The number of carbonyl (C=O) groups excluding carboxylic acids is 2. The van der Waals surface area contributed by atoms with Gasteiger partial charge in [0.1, 0.15) is 5.75 Å². The SMILES string of the molecule is C=C(C)C(=O)Oc1cc(N(CCCC)CCCC)ccc1C=Cc1ccc(C=O)s1. The summed E-state index contributed by atoms with van der Waals surface area (Å²) in [7, 11) is 0. The number of benzene rings is 1. The van der Waals surface area contributed by atoms with E-state index < -0.39 is 5.97 Å². The van der Waals surface area contributed by atoms with Crippen LogP contribution >= 0.6 is 11.3 Å². The molecule has 1 aromatic carbocycles. The number of esters is 1. The number of carbonyl (C=O) groups is 2. The Morgan fingerprint density at radius 2 is 1.73 bits per heavy atom. The van der Waals surface area contributed by atoms with Crippen molar-refractivity contribution in [1.29, 1.82) is 0 Å². The molecule has 0 atom stereocenters. The minimum absolute atomic E-state index is 0.359. The summed E-state index contributed by atoms with van der Waals surface area (Å²) in [5.74, 6) is 0.0803. The van der Waals surface area contributed by atoms with Crippen molar-refractivity contribution in [3.8, 4) is 5.75 Å². The molecule has 0 saturated carbocycles. The maximum Gasteiger partial charge on any atom is 0.338 e. The van der Waals surface area contributed by atoms with Crippen LogP contribution in [0, 0.1) is 0 Å². The number of unbranched alkanes of at least 4 members (excludes halogenated alkanes) is 2. The zero-order chi connectivity index (χ0) is 21.9. The van der Waals surface area contributed by atoms with Crippen molar-refractivity contribution in [3.63, 3.8) is 0 Å². The minimum Gasteiger partial charge on any atom is -0.422 e. The number of nitrogens with zero attached hydrogens (tertiary/aromatic N) is 1. The summed E-state index contributed by atoms with van der Waals surface area (Å²) < 4.78 is 5.65. The standard InChI is InChI=1S/C25H31NO3S/c1-5-7-15-26(16-8-6-2)21-11-9-20(24(17-21)29-25(28)19(3)4)10-12-22-13-14-23(18-27)30-22/h9-14,17-18H,3,5-8,15-16H2,1-2,4H3. The van der Waals surface area contributed by atoms with Gasteiger partial charge in [-0.2, -0.15) is 0 Å². The average molecular weight is 426 g/mol. The Morgan fingerprint density at radius 3 is 2.30 bits per heavy atom. The molecule has 2 rings (SSSR count). The van der Waals surface area contributed by atoms with Crippen molar-refractivity contribution in [1.82, 2.24) is 0 Å². The first-order valence-electron chi connectivity index (χ1n) is 10.5. The molecule has 1 aromatic heterocycles. The van der Waals surface area contributed by atoms with Gasteiger partial charge in [-0.05, 0) is 56.2 Å². The minimum atomic E-state index is -0.435. The molecule has 0 radical (unpaired) electrons. The average Bonchev–Trinajstić information content (AvgIpc) is 3.21. The smallest absolute Gasteiger partial charge is 0.338 e. The van der Waals surface area contributed by atoms with Gasteiger partial charge in [-0.3, -0.25) is 4.79 Å². The summed E-state index contributed by atoms with van der Waals surface area (Å²) in [5.41, 5.74) is 2.22. The fourth-order valence-electron chi connectivity index (χ4n) is 2.89. The van der Waals surface area contributed by atoms with Crippen LogP contribution in [-0.2, 0) is 4.79 Å². The Balaban J connectivity index is 2.36. The summed E-state index contributed by atoms with van der Waals surface area (Å²) in [6, 6.07) is 9.69. The van der Waals surface area contributed by atoms with E-state index in [-0.39, 0.29) is 0 Å². The van der Waals surface area contributed by atoms with Gasteiger partial charge < -0.3 is 9.64 Å². The second kappa shape index (κ2) is 12.1. The maximum atomic E-state index is 12.2. The molecule has 0 N–H and O–H groups in total. The van der Waals surface area contributed by atoms with Crippen molar-refractivity contribution < 1.29 is 14.3 Å². The van der Waals surface area contributed by atoms with Crippen LogP contribution in [0.2, 0.25) is 0 Å². The van der Waals surface area contributed by atoms with E-state index in [0.29, 0.717) is 16.2 Å². The molecule has 4 nitrogen and oxygen atoms in total. The maximum absolute atomic E-state index is 12.2. The molecule has 0 aliphatic rings. The van der Waals surface area contributed by atoms with Gasteiger partial charge in [0.05, 0.1) is 4.88 Å². The van der Waals surface area contributed by atoms with E-state index in [0.717, 1.165) is 61.2 Å². The Bertz CT molecular complexity index is 890. The molecule has 1 heterocycles. The number of aldehydes is 1. The van der Waals surface area contributed by atoms with E-state index in [1.54, 1.807) is 13.0 Å². The fraction of sp³-hybridized carbons (Fsp3) is 0.360. The van der Waals surface area contributed by atoms with Gasteiger partial charge in [0.2, 0.25) is 0 Å². The molecule has 30 heavy (non-hydrogen) atoms. The molecule has 0 aliphatic heterocycles. The van der Waals surface area contributed by atoms with Crippen molar-refractivity contribution in [2.24, 2.45) is 0 Å². The van der Waals surface area contributed by atoms with Crippen LogP contribution in [0.3, 0.4) is 0 Å². The lowest BCUT2D eigenvalue weighted by molar-refractivity contribution is -0.130. The number of thiophene rings is 1. The van der Waals surface area contributed by atoms with Gasteiger partial charge in [0.15, 0.2) is 6.29 Å². The molecule has 0 bridgehead atoms. The predicted molar refractivity (Wildman–Crippen MR) is 128 cm³/mol. The van der Waals surface area contributed by atoms with Crippen molar-refractivity contribution in [2.75, 3.05) is 18.0 Å². The van der Waals surface area contributed by atoms with Gasteiger partial charge in [-0.1, -0.05) is 33.3 Å². The van der Waals surface area contributed by atoms with E-state index >= 15 is 0 Å². The van der Waals surface area contributed by atoms with Crippen LogP contribution in [0.25, 0.3) is 12.2 Å². The second-order valence-corrected chi connectivity index (χ2v) is 8.42. The molecule has 0 amide bonds. The summed E-state index contributed by atoms with van der Waals surface area (Å²) >= 11 is 1.42. The zero-order valence-electron chi connectivity index (χ0n) is 18.1. The van der Waals surface area contributed by atoms with E-state index in [4.69, 9.17) is 4.74 Å². The lowest BCUT2D eigenvalue weighted by Crippen LogP contribution is -2.25. The molecule has 0 fully saturated rings. The van der Waals surface area contributed by atoms with Crippen molar-refractivity contribution in [2.45, 2.75) is 46.5 Å². The van der Waals surface area contributed by atoms with Crippen LogP contribution in [0.15, 0.2) is 42.5 Å². The van der Waals surface area contributed by atoms with Gasteiger partial charge in [-0.25, -0.2) is 4.79 Å². The molecular weight excluding hydrogens is 394 g/mol. The molecule has 5 heteroatoms. The van der Waals surface area contributed by atoms with Crippen LogP contribution in [-0.4, -0.2) is 25.3 Å². The summed E-state index contributed by atoms with van der Waals surface area (Å²) in [6.07, 6.45) is 9.17. The molecule has 0 unspecified atom stereocenters. The first-order chi connectivity index (χ1) is 14.5. The highest BCUT2D eigenvalue weighted by atomic mass is 32.1. The highest BCUT2D eigenvalue weighted by Gasteiger charge is 2.13. The monoisotopic (exact) mass is 425 g/mol. The molecule has 0 aliphatic carbocycles. The number of ether oxygens (including phenoxy) is 1. The summed E-state index contributed by atoms with van der Waals surface area (Å²) in [4.78, 5) is 27.1. The van der Waals surface area contributed by atoms with E-state index in [1.165, 1.54) is 11.3 Å². The number of anilines is 1. The topological polar surface area (TPSA) is 46.6 Å². The number of hydrogen-bond donors (Lipinski definition) is 0. The van der Waals surface area contributed by atoms with Crippen LogP contribution < -0.4 is 9.64 Å². The van der Waals surface area contributed by atoms with Gasteiger partial charge in [0.25, 0.3) is 0 Å². The van der Waals surface area contributed by atoms with Gasteiger partial charge >= 0.3 is 5.97 Å². The number of rotatable bonds is 12. The Morgan fingerprint density at radius 1 is 1.07 bits per heavy atom. The first kappa shape index (κ1) is 23.6. The Kier molecular flexibility index (Phi) is 9.55. The van der Waals surface area contributed by atoms with Crippen molar-refractivity contribution in [3.05, 3.63) is 57.8 Å². The molecular formula is C25H31NO3S. The second-order valence-electron chi connectivity index (χ2n) is 7.28. The van der Waals surface area contributed by atoms with Crippen molar-refractivity contribution >= 4 is 41.4 Å². The quantitative estimate of drug-likeness (QED) is 0.166. The largest absolute Gasteiger partial charge is 0.422 e. The predicted octanol–water partition coefficient (Wildman–Crippen LogP) is 6.62. The fourth-order valence-corrected chi connectivity index (χ4v) is 3.62. The Hall–Kier alpha value is -2.66. The van der Waals surface area contributed by atoms with Crippen LogP contribution in [0.4, 0.5) is 5.69 Å². The van der Waals surface area contributed by atoms with Crippen LogP contribution in [0.5, 0.6) is 5.75 Å². The van der Waals surface area contributed by atoms with Gasteiger partial charge in [0, 0.05) is 40.9 Å². The third-order valence-electron chi connectivity index (χ3n) is 4.67. The third kappa shape index (κ3) is 6.99. The van der Waals surface area contributed by atoms with Gasteiger partial charge in [-0.15, -0.1) is 11.3 Å². The van der Waals surface area contributed by atoms with E-state index in [9.17, 15) is 9.59 Å². The Labute approximate surface area is 183 Å².